The number of hydrogen-bond donors (Lipinski definition) is 1. The van der Waals surface area contributed by atoms with Gasteiger partial charge in [0.05, 0.1) is 6.42 Å². The second kappa shape index (κ2) is 8.67. The maximum absolute atomic E-state index is 12.5. The van der Waals surface area contributed by atoms with Crippen LogP contribution in [-0.4, -0.2) is 58.4 Å². The Morgan fingerprint density at radius 1 is 1.40 bits per heavy atom. The van der Waals surface area contributed by atoms with Gasteiger partial charge < -0.3 is 14.9 Å². The minimum atomic E-state index is -0.943. The summed E-state index contributed by atoms with van der Waals surface area (Å²) < 4.78 is 0. The maximum Gasteiger partial charge on any atom is 0.305 e. The predicted molar refractivity (Wildman–Crippen MR) is 95.1 cm³/mol. The second-order valence-corrected chi connectivity index (χ2v) is 6.44. The third-order valence-corrected chi connectivity index (χ3v) is 4.32. The van der Waals surface area contributed by atoms with Crippen LogP contribution in [0.4, 0.5) is 0 Å². The van der Waals surface area contributed by atoms with Crippen LogP contribution in [0.2, 0.25) is 5.02 Å². The van der Waals surface area contributed by atoms with Crippen molar-refractivity contribution in [2.45, 2.75) is 25.8 Å². The Bertz CT molecular complexity index is 689. The van der Waals surface area contributed by atoms with E-state index in [1.807, 2.05) is 13.0 Å². The number of benzene rings is 1. The Kier molecular flexibility index (Phi) is 6.58. The van der Waals surface area contributed by atoms with Gasteiger partial charge >= 0.3 is 5.97 Å². The first-order valence-corrected chi connectivity index (χ1v) is 8.48. The molecule has 1 saturated heterocycles. The summed E-state index contributed by atoms with van der Waals surface area (Å²) in [6, 6.07) is 6.99. The molecule has 0 unspecified atom stereocenters. The van der Waals surface area contributed by atoms with E-state index in [0.29, 0.717) is 18.1 Å². The van der Waals surface area contributed by atoms with E-state index in [4.69, 9.17) is 16.7 Å². The molecule has 0 aliphatic carbocycles. The fourth-order valence-electron chi connectivity index (χ4n) is 2.76. The number of hydrogen-bond acceptors (Lipinski definition) is 3. The molecule has 1 aliphatic heterocycles. The summed E-state index contributed by atoms with van der Waals surface area (Å²) in [7, 11) is 0. The average Bonchev–Trinajstić information content (AvgIpc) is 2.70. The fourth-order valence-corrected chi connectivity index (χ4v) is 2.96. The Balaban J connectivity index is 2.02. The Morgan fingerprint density at radius 2 is 2.16 bits per heavy atom. The van der Waals surface area contributed by atoms with Crippen molar-refractivity contribution in [3.05, 3.63) is 40.9 Å². The zero-order chi connectivity index (χ0) is 18.4. The van der Waals surface area contributed by atoms with Crippen molar-refractivity contribution < 1.29 is 19.5 Å². The van der Waals surface area contributed by atoms with Crippen molar-refractivity contribution in [3.63, 3.8) is 0 Å². The van der Waals surface area contributed by atoms with Gasteiger partial charge in [-0.25, -0.2) is 0 Å². The summed E-state index contributed by atoms with van der Waals surface area (Å²) in [5.41, 5.74) is 0.822. The van der Waals surface area contributed by atoms with Gasteiger partial charge in [-0.3, -0.25) is 14.4 Å². The molecule has 1 aliphatic rings. The lowest BCUT2D eigenvalue weighted by Gasteiger charge is -2.28. The minimum Gasteiger partial charge on any atom is -0.481 e. The van der Waals surface area contributed by atoms with E-state index >= 15 is 0 Å². The van der Waals surface area contributed by atoms with Gasteiger partial charge in [-0.2, -0.15) is 0 Å². The molecule has 1 aromatic carbocycles. The summed E-state index contributed by atoms with van der Waals surface area (Å²) in [4.78, 5) is 38.5. The molecule has 0 spiro atoms. The van der Waals surface area contributed by atoms with Crippen molar-refractivity contribution in [3.8, 4) is 0 Å². The van der Waals surface area contributed by atoms with E-state index in [1.54, 1.807) is 29.2 Å². The molecule has 1 N–H and O–H groups in total. The summed E-state index contributed by atoms with van der Waals surface area (Å²) in [6.07, 6.45) is 3.26. The van der Waals surface area contributed by atoms with Crippen LogP contribution in [0.15, 0.2) is 30.3 Å². The molecule has 0 aromatic heterocycles. The second-order valence-electron chi connectivity index (χ2n) is 6.00. The van der Waals surface area contributed by atoms with Crippen LogP contribution in [0.1, 0.15) is 25.3 Å². The Morgan fingerprint density at radius 3 is 2.84 bits per heavy atom. The summed E-state index contributed by atoms with van der Waals surface area (Å²) in [5, 5.41) is 9.38. The highest BCUT2D eigenvalue weighted by Crippen LogP contribution is 2.15. The number of carbonyl (C=O) groups is 3. The normalized spacial score (nSPS) is 18.5. The predicted octanol–water partition coefficient (Wildman–Crippen LogP) is 2.28. The van der Waals surface area contributed by atoms with E-state index < -0.39 is 5.97 Å². The minimum absolute atomic E-state index is 0.0962. The zero-order valence-electron chi connectivity index (χ0n) is 14.0. The van der Waals surface area contributed by atoms with Crippen LogP contribution in [0.25, 0.3) is 6.08 Å². The maximum atomic E-state index is 12.5. The largest absolute Gasteiger partial charge is 0.481 e. The summed E-state index contributed by atoms with van der Waals surface area (Å²) >= 11 is 5.92. The van der Waals surface area contributed by atoms with Crippen LogP contribution >= 0.6 is 11.6 Å². The lowest BCUT2D eigenvalue weighted by Crippen LogP contribution is -2.42. The van der Waals surface area contributed by atoms with Crippen LogP contribution in [0, 0.1) is 0 Å². The van der Waals surface area contributed by atoms with Gasteiger partial charge in [-0.15, -0.1) is 0 Å². The monoisotopic (exact) mass is 364 g/mol. The highest BCUT2D eigenvalue weighted by Gasteiger charge is 2.28. The molecule has 2 amide bonds. The topological polar surface area (TPSA) is 77.9 Å². The third-order valence-electron chi connectivity index (χ3n) is 4.08. The molecule has 1 aromatic rings. The van der Waals surface area contributed by atoms with E-state index in [0.717, 1.165) is 5.56 Å². The first-order valence-electron chi connectivity index (χ1n) is 8.10. The van der Waals surface area contributed by atoms with Gasteiger partial charge in [0.15, 0.2) is 0 Å². The average molecular weight is 365 g/mol. The summed E-state index contributed by atoms with van der Waals surface area (Å²) in [5.74, 6) is -1.25. The van der Waals surface area contributed by atoms with E-state index in [9.17, 15) is 14.4 Å². The van der Waals surface area contributed by atoms with Crippen molar-refractivity contribution in [1.29, 1.82) is 0 Å². The number of amides is 2. The molecule has 2 rings (SSSR count). The molecule has 134 valence electrons. The van der Waals surface area contributed by atoms with Gasteiger partial charge in [-0.1, -0.05) is 23.7 Å². The van der Waals surface area contributed by atoms with Crippen LogP contribution < -0.4 is 0 Å². The Hall–Kier alpha value is -2.34. The van der Waals surface area contributed by atoms with E-state index in [2.05, 4.69) is 0 Å². The molecule has 7 heteroatoms. The highest BCUT2D eigenvalue weighted by molar-refractivity contribution is 6.30. The van der Waals surface area contributed by atoms with Gasteiger partial charge in [0.2, 0.25) is 11.8 Å². The molecule has 25 heavy (non-hydrogen) atoms. The number of aliphatic carboxylic acids is 1. The molecule has 0 saturated carbocycles. The molecule has 0 radical (unpaired) electrons. The van der Waals surface area contributed by atoms with Gasteiger partial charge in [0, 0.05) is 43.2 Å². The van der Waals surface area contributed by atoms with Gasteiger partial charge in [0.1, 0.15) is 0 Å². The SMILES string of the molecule is C[C@@H]1CN(CCC(=O)O)C(=O)CCN1C(=O)/C=C/c1cccc(Cl)c1. The molecule has 6 nitrogen and oxygen atoms in total. The quantitative estimate of drug-likeness (QED) is 0.813. The molecule has 1 fully saturated rings. The Labute approximate surface area is 151 Å². The highest BCUT2D eigenvalue weighted by atomic mass is 35.5. The van der Waals surface area contributed by atoms with Crippen molar-refractivity contribution >= 4 is 35.5 Å². The van der Waals surface area contributed by atoms with Crippen LogP contribution in [-0.2, 0) is 14.4 Å². The number of halogens is 1. The fraction of sp³-hybridized carbons (Fsp3) is 0.389. The molecular formula is C18H21ClN2O4. The third kappa shape index (κ3) is 5.60. The van der Waals surface area contributed by atoms with Crippen molar-refractivity contribution in [2.24, 2.45) is 0 Å². The zero-order valence-corrected chi connectivity index (χ0v) is 14.8. The van der Waals surface area contributed by atoms with E-state index in [1.165, 1.54) is 11.0 Å². The van der Waals surface area contributed by atoms with Gasteiger partial charge in [-0.05, 0) is 30.7 Å². The number of rotatable bonds is 5. The standard InChI is InChI=1S/C18H21ClN2O4/c1-13-12-20(9-8-18(24)25)16(22)7-10-21(13)17(23)6-5-14-3-2-4-15(19)11-14/h2-6,11,13H,7-10,12H2,1H3,(H,24,25)/b6-5+/t13-/m1/s1. The molecule has 1 heterocycles. The van der Waals surface area contributed by atoms with Gasteiger partial charge in [0.25, 0.3) is 0 Å². The first kappa shape index (κ1) is 19.0. The van der Waals surface area contributed by atoms with Crippen molar-refractivity contribution in [1.82, 2.24) is 9.80 Å². The molecular weight excluding hydrogens is 344 g/mol. The molecule has 1 atom stereocenters. The first-order chi connectivity index (χ1) is 11.9. The smallest absolute Gasteiger partial charge is 0.305 e. The number of carboxylic acids is 1. The number of carboxylic acid groups (broad SMARTS) is 1. The lowest BCUT2D eigenvalue weighted by molar-refractivity contribution is -0.138. The van der Waals surface area contributed by atoms with Crippen LogP contribution in [0.3, 0.4) is 0 Å². The van der Waals surface area contributed by atoms with Crippen molar-refractivity contribution in [2.75, 3.05) is 19.6 Å². The lowest BCUT2D eigenvalue weighted by atomic mass is 10.2. The molecule has 0 bridgehead atoms. The number of nitrogens with zero attached hydrogens (tertiary/aromatic N) is 2. The number of carbonyl (C=O) groups excluding carboxylic acids is 2. The summed E-state index contributed by atoms with van der Waals surface area (Å²) in [6.45, 7) is 2.68. The van der Waals surface area contributed by atoms with Crippen LogP contribution in [0.5, 0.6) is 0 Å². The van der Waals surface area contributed by atoms with E-state index in [-0.39, 0.29) is 37.2 Å².